The molecule has 0 radical (unpaired) electrons. The molecular formula is C43H68N2O11. The standard InChI is InChI=1S/C43H68N2O11/c1-28(48)8-9-31(10-13-34(50)7-5-22-46)37(55-29(2)49)25-38(56-41(53)43-17-4-3-6-33(43)12-15-39(52)45-43)42(18-20-44-21-19-42)26-32-11-14-36(51)40-35(32)24-30(16-23-47)27-54-40/h11,14,28,30-31,33-34,37-38,44,46-48,50-51H,3-10,12-13,15-27H2,1-2H3,(H,45,52). The van der Waals surface area contributed by atoms with Gasteiger partial charge in [-0.3, -0.25) is 9.59 Å². The first kappa shape index (κ1) is 44.1. The van der Waals surface area contributed by atoms with Crippen molar-refractivity contribution in [2.24, 2.45) is 23.2 Å². The van der Waals surface area contributed by atoms with Crippen molar-refractivity contribution in [3.63, 3.8) is 0 Å². The minimum Gasteiger partial charge on any atom is -0.504 e. The smallest absolute Gasteiger partial charge is 0.332 e. The zero-order chi connectivity index (χ0) is 40.3. The van der Waals surface area contributed by atoms with Gasteiger partial charge in [0.15, 0.2) is 11.5 Å². The number of phenolic OH excluding ortho intramolecular Hbond substituents is 1. The van der Waals surface area contributed by atoms with Gasteiger partial charge >= 0.3 is 11.9 Å². The highest BCUT2D eigenvalue weighted by Gasteiger charge is 2.54. The summed E-state index contributed by atoms with van der Waals surface area (Å²) in [7, 11) is 0. The summed E-state index contributed by atoms with van der Waals surface area (Å²) in [5, 5.41) is 57.8. The van der Waals surface area contributed by atoms with Crippen molar-refractivity contribution in [2.45, 2.75) is 159 Å². The van der Waals surface area contributed by atoms with E-state index in [9.17, 15) is 39.9 Å². The first-order valence-corrected chi connectivity index (χ1v) is 21.3. The molecule has 1 aromatic rings. The Kier molecular flexibility index (Phi) is 16.3. The van der Waals surface area contributed by atoms with Crippen LogP contribution in [0.1, 0.15) is 128 Å². The lowest BCUT2D eigenvalue weighted by Crippen LogP contribution is -2.65. The van der Waals surface area contributed by atoms with Crippen molar-refractivity contribution < 1.29 is 54.1 Å². The first-order chi connectivity index (χ1) is 26.9. The Morgan fingerprint density at radius 1 is 0.982 bits per heavy atom. The number of fused-ring (bicyclic) bond motifs is 2. The number of aliphatic hydroxyl groups excluding tert-OH is 4. The predicted octanol–water partition coefficient (Wildman–Crippen LogP) is 4.00. The van der Waals surface area contributed by atoms with Crippen LogP contribution in [-0.2, 0) is 36.7 Å². The molecule has 56 heavy (non-hydrogen) atoms. The lowest BCUT2D eigenvalue weighted by molar-refractivity contribution is -0.179. The van der Waals surface area contributed by atoms with Crippen LogP contribution in [0.25, 0.3) is 0 Å². The maximum Gasteiger partial charge on any atom is 0.332 e. The molecule has 5 rings (SSSR count). The number of phenols is 1. The van der Waals surface area contributed by atoms with E-state index in [0.717, 1.165) is 30.4 Å². The predicted molar refractivity (Wildman–Crippen MR) is 209 cm³/mol. The van der Waals surface area contributed by atoms with E-state index < -0.39 is 47.3 Å². The van der Waals surface area contributed by atoms with Gasteiger partial charge in [-0.25, -0.2) is 4.79 Å². The first-order valence-electron chi connectivity index (χ1n) is 21.3. The summed E-state index contributed by atoms with van der Waals surface area (Å²) in [6.07, 6.45) is 7.19. The molecule has 3 heterocycles. The van der Waals surface area contributed by atoms with Crippen LogP contribution in [-0.4, -0.2) is 106 Å². The Balaban J connectivity index is 1.57. The fourth-order valence-electron chi connectivity index (χ4n) is 10.0. The van der Waals surface area contributed by atoms with Crippen molar-refractivity contribution >= 4 is 17.8 Å². The summed E-state index contributed by atoms with van der Waals surface area (Å²) in [5.74, 6) is -0.831. The van der Waals surface area contributed by atoms with Gasteiger partial charge in [-0.15, -0.1) is 0 Å². The molecule has 3 aliphatic heterocycles. The summed E-state index contributed by atoms with van der Waals surface area (Å²) >= 11 is 0. The molecule has 0 aromatic heterocycles. The molecule has 0 spiro atoms. The van der Waals surface area contributed by atoms with Gasteiger partial charge in [0.05, 0.1) is 18.8 Å². The van der Waals surface area contributed by atoms with Crippen LogP contribution < -0.4 is 15.4 Å². The highest BCUT2D eigenvalue weighted by molar-refractivity contribution is 5.90. The molecule has 13 heteroatoms. The highest BCUT2D eigenvalue weighted by Crippen LogP contribution is 2.48. The van der Waals surface area contributed by atoms with Crippen LogP contribution >= 0.6 is 0 Å². The van der Waals surface area contributed by atoms with Crippen LogP contribution in [0.2, 0.25) is 0 Å². The van der Waals surface area contributed by atoms with Crippen LogP contribution in [0.15, 0.2) is 12.1 Å². The van der Waals surface area contributed by atoms with E-state index in [2.05, 4.69) is 10.6 Å². The number of ether oxygens (including phenoxy) is 3. The van der Waals surface area contributed by atoms with E-state index in [-0.39, 0.29) is 49.0 Å². The Morgan fingerprint density at radius 3 is 2.46 bits per heavy atom. The number of benzene rings is 1. The van der Waals surface area contributed by atoms with Crippen LogP contribution in [0.4, 0.5) is 0 Å². The van der Waals surface area contributed by atoms with E-state index in [0.29, 0.717) is 115 Å². The highest BCUT2D eigenvalue weighted by atomic mass is 16.6. The number of nitrogens with one attached hydrogen (secondary N) is 2. The number of amides is 1. The van der Waals surface area contributed by atoms with Gasteiger partial charge in [0.25, 0.3) is 0 Å². The Hall–Kier alpha value is -2.97. The minimum absolute atomic E-state index is 0.0240. The number of aliphatic hydroxyl groups is 4. The molecule has 2 saturated heterocycles. The number of piperidine rings is 2. The van der Waals surface area contributed by atoms with Gasteiger partial charge in [0, 0.05) is 44.0 Å². The van der Waals surface area contributed by atoms with Crippen LogP contribution in [0, 0.1) is 23.2 Å². The molecule has 7 N–H and O–H groups in total. The van der Waals surface area contributed by atoms with E-state index in [1.54, 1.807) is 13.0 Å². The molecule has 1 saturated carbocycles. The quantitative estimate of drug-likeness (QED) is 0.0938. The third kappa shape index (κ3) is 11.2. The van der Waals surface area contributed by atoms with Gasteiger partial charge in [0.1, 0.15) is 17.7 Å². The average molecular weight is 789 g/mol. The largest absolute Gasteiger partial charge is 0.504 e. The summed E-state index contributed by atoms with van der Waals surface area (Å²) in [6.45, 7) is 4.79. The van der Waals surface area contributed by atoms with Gasteiger partial charge in [-0.2, -0.15) is 0 Å². The van der Waals surface area contributed by atoms with Crippen molar-refractivity contribution in [3.05, 3.63) is 23.3 Å². The molecule has 8 unspecified atom stereocenters. The maximum atomic E-state index is 14.9. The summed E-state index contributed by atoms with van der Waals surface area (Å²) < 4.78 is 19.2. The third-order valence-corrected chi connectivity index (χ3v) is 13.2. The molecule has 8 atom stereocenters. The van der Waals surface area contributed by atoms with Crippen LogP contribution in [0.3, 0.4) is 0 Å². The van der Waals surface area contributed by atoms with Gasteiger partial charge in [-0.1, -0.05) is 18.9 Å². The summed E-state index contributed by atoms with van der Waals surface area (Å²) in [6, 6.07) is 3.57. The number of hydrogen-bond donors (Lipinski definition) is 7. The summed E-state index contributed by atoms with van der Waals surface area (Å²) in [5.41, 5.74) is 0.0573. The van der Waals surface area contributed by atoms with Gasteiger partial charge < -0.3 is 50.4 Å². The van der Waals surface area contributed by atoms with E-state index in [4.69, 9.17) is 14.2 Å². The van der Waals surface area contributed by atoms with E-state index in [1.807, 2.05) is 6.07 Å². The third-order valence-electron chi connectivity index (χ3n) is 13.2. The maximum absolute atomic E-state index is 14.9. The molecular weight excluding hydrogens is 720 g/mol. The molecule has 316 valence electrons. The Labute approximate surface area is 332 Å². The van der Waals surface area contributed by atoms with Crippen molar-refractivity contribution in [1.82, 2.24) is 10.6 Å². The second-order valence-electron chi connectivity index (χ2n) is 17.3. The fourth-order valence-corrected chi connectivity index (χ4v) is 10.0. The van der Waals surface area contributed by atoms with Crippen molar-refractivity contribution in [2.75, 3.05) is 32.9 Å². The number of hydrogen-bond acceptors (Lipinski definition) is 12. The SMILES string of the molecule is CC(=O)OC(CC(OC(=O)C12CCCCC1CCC(=O)N2)C1(Cc2ccc(O)c3c2CC(CCO)CO3)CCNCC1)C(CCC(C)O)CCC(O)CCCO. The van der Waals surface area contributed by atoms with E-state index in [1.165, 1.54) is 6.92 Å². The lowest BCUT2D eigenvalue weighted by Gasteiger charge is -2.49. The fraction of sp³-hybridized carbons (Fsp3) is 0.791. The zero-order valence-electron chi connectivity index (χ0n) is 33.6. The second-order valence-corrected chi connectivity index (χ2v) is 17.3. The Bertz CT molecular complexity index is 1450. The minimum atomic E-state index is -1.14. The van der Waals surface area contributed by atoms with Gasteiger partial charge in [0.2, 0.25) is 5.91 Å². The lowest BCUT2D eigenvalue weighted by atomic mass is 9.66. The number of aromatic hydroxyl groups is 1. The van der Waals surface area contributed by atoms with Crippen molar-refractivity contribution in [1.29, 1.82) is 0 Å². The molecule has 13 nitrogen and oxygen atoms in total. The number of carbonyl (C=O) groups is 3. The van der Waals surface area contributed by atoms with E-state index >= 15 is 0 Å². The molecule has 0 bridgehead atoms. The van der Waals surface area contributed by atoms with Crippen LogP contribution in [0.5, 0.6) is 11.5 Å². The normalized spacial score (nSPS) is 25.9. The number of carbonyl (C=O) groups excluding carboxylic acids is 3. The molecule has 1 aliphatic carbocycles. The molecule has 1 aromatic carbocycles. The monoisotopic (exact) mass is 788 g/mol. The second kappa shape index (κ2) is 20.6. The molecule has 4 aliphatic rings. The zero-order valence-corrected chi connectivity index (χ0v) is 33.6. The molecule has 3 fully saturated rings. The topological polar surface area (TPSA) is 204 Å². The molecule has 1 amide bonds. The average Bonchev–Trinajstić information content (AvgIpc) is 3.17. The van der Waals surface area contributed by atoms with Crippen molar-refractivity contribution in [3.8, 4) is 11.5 Å². The Morgan fingerprint density at radius 2 is 1.75 bits per heavy atom. The number of rotatable bonds is 20. The summed E-state index contributed by atoms with van der Waals surface area (Å²) in [4.78, 5) is 40.8. The van der Waals surface area contributed by atoms with Gasteiger partial charge in [-0.05, 0) is 139 Å². The number of esters is 2.